The number of hydrogen-bond donors (Lipinski definition) is 1. The molecule has 2 unspecified atom stereocenters. The maximum Gasteiger partial charge on any atom is 0.418 e. The lowest BCUT2D eigenvalue weighted by atomic mass is 9.99. The molecule has 0 saturated carbocycles. The van der Waals surface area contributed by atoms with Gasteiger partial charge in [-0.05, 0) is 44.0 Å². The van der Waals surface area contributed by atoms with Crippen LogP contribution < -0.4 is 15.4 Å². The Morgan fingerprint density at radius 3 is 2.59 bits per heavy atom. The van der Waals surface area contributed by atoms with E-state index in [1.54, 1.807) is 16.8 Å². The number of anilines is 2. The highest BCUT2D eigenvalue weighted by Gasteiger charge is 2.39. The fourth-order valence-electron chi connectivity index (χ4n) is 5.73. The molecule has 2 N–H and O–H groups in total. The second-order valence-corrected chi connectivity index (χ2v) is 11.3. The van der Waals surface area contributed by atoms with E-state index >= 15 is 4.39 Å². The third-order valence-electron chi connectivity index (χ3n) is 8.02. The molecule has 15 heteroatoms. The number of nitrogens with two attached hydrogens (primary N) is 1. The van der Waals surface area contributed by atoms with Crippen molar-refractivity contribution in [1.29, 1.82) is 0 Å². The standard InChI is InChI=1S/C29H30ClF4N7O3/c1-5-20(42)40-8-9-41(15(3)12-40)27-17-11-18(30)22(26-23(29(32,33)34)14(2)10-19(35)36-26)24(31)25(17)37-28(38-27)44-13-16-6-7-21(43)39(16)4/h5,10-11,15-16H,1,6-9,12-13H2,2-4H3,(H2,35,36). The van der Waals surface area contributed by atoms with E-state index < -0.39 is 28.8 Å². The summed E-state index contributed by atoms with van der Waals surface area (Å²) < 4.78 is 64.9. The number of carbonyl (C=O) groups excluding carboxylic acids is 2. The fourth-order valence-corrected chi connectivity index (χ4v) is 6.01. The summed E-state index contributed by atoms with van der Waals surface area (Å²) in [6.45, 7) is 7.50. The molecule has 2 aliphatic heterocycles. The largest absolute Gasteiger partial charge is 0.461 e. The Bertz CT molecular complexity index is 1670. The van der Waals surface area contributed by atoms with Crippen LogP contribution >= 0.6 is 11.6 Å². The fraction of sp³-hybridized carbons (Fsp3) is 0.414. The van der Waals surface area contributed by atoms with Crippen LogP contribution in [0.2, 0.25) is 5.02 Å². The van der Waals surface area contributed by atoms with Gasteiger partial charge in [-0.1, -0.05) is 18.2 Å². The summed E-state index contributed by atoms with van der Waals surface area (Å²) in [6, 6.07) is 1.53. The number of rotatable bonds is 6. The summed E-state index contributed by atoms with van der Waals surface area (Å²) >= 11 is 6.52. The van der Waals surface area contributed by atoms with Crippen LogP contribution in [-0.4, -0.2) is 81.9 Å². The van der Waals surface area contributed by atoms with Crippen molar-refractivity contribution >= 4 is 46.0 Å². The number of halogens is 5. The molecule has 234 valence electrons. The van der Waals surface area contributed by atoms with E-state index in [4.69, 9.17) is 22.1 Å². The first-order valence-corrected chi connectivity index (χ1v) is 14.2. The number of aromatic nitrogens is 3. The van der Waals surface area contributed by atoms with Crippen molar-refractivity contribution in [3.05, 3.63) is 46.8 Å². The molecule has 10 nitrogen and oxygen atoms in total. The molecule has 5 rings (SSSR count). The minimum atomic E-state index is -4.89. The molecule has 44 heavy (non-hydrogen) atoms. The number of piperazine rings is 1. The summed E-state index contributed by atoms with van der Waals surface area (Å²) in [4.78, 5) is 41.9. The van der Waals surface area contributed by atoms with Crippen molar-refractivity contribution in [1.82, 2.24) is 24.8 Å². The summed E-state index contributed by atoms with van der Waals surface area (Å²) in [6.07, 6.45) is -2.78. The number of pyridine rings is 1. The quantitative estimate of drug-likeness (QED) is 0.308. The number of benzene rings is 1. The lowest BCUT2D eigenvalue weighted by Crippen LogP contribution is -2.53. The van der Waals surface area contributed by atoms with Crippen LogP contribution in [-0.2, 0) is 15.8 Å². The van der Waals surface area contributed by atoms with Crippen LogP contribution in [0, 0.1) is 12.7 Å². The van der Waals surface area contributed by atoms with Gasteiger partial charge in [-0.15, -0.1) is 0 Å². The Hall–Kier alpha value is -4.20. The molecule has 0 spiro atoms. The third-order valence-corrected chi connectivity index (χ3v) is 8.32. The minimum absolute atomic E-state index is 0.0145. The first-order chi connectivity index (χ1) is 20.7. The highest BCUT2D eigenvalue weighted by atomic mass is 35.5. The minimum Gasteiger partial charge on any atom is -0.461 e. The number of likely N-dealkylation sites (tertiary alicyclic amines) is 1. The zero-order chi connectivity index (χ0) is 32.1. The van der Waals surface area contributed by atoms with Gasteiger partial charge in [-0.25, -0.2) is 9.37 Å². The number of carbonyl (C=O) groups is 2. The molecular formula is C29H30ClF4N7O3. The molecule has 0 bridgehead atoms. The number of hydrogen-bond acceptors (Lipinski definition) is 8. The maximum atomic E-state index is 16.5. The molecule has 1 aromatic carbocycles. The van der Waals surface area contributed by atoms with Crippen molar-refractivity contribution in [2.45, 2.75) is 44.9 Å². The van der Waals surface area contributed by atoms with Gasteiger partial charge >= 0.3 is 12.2 Å². The Morgan fingerprint density at radius 2 is 1.98 bits per heavy atom. The lowest BCUT2D eigenvalue weighted by molar-refractivity contribution is -0.137. The summed E-state index contributed by atoms with van der Waals surface area (Å²) in [7, 11) is 1.65. The Morgan fingerprint density at radius 1 is 1.25 bits per heavy atom. The second-order valence-electron chi connectivity index (χ2n) is 10.9. The summed E-state index contributed by atoms with van der Waals surface area (Å²) in [5.74, 6) is -1.48. The third kappa shape index (κ3) is 5.70. The zero-order valence-corrected chi connectivity index (χ0v) is 25.0. The Labute approximate surface area is 255 Å². The van der Waals surface area contributed by atoms with Crippen molar-refractivity contribution < 1.29 is 31.9 Å². The van der Waals surface area contributed by atoms with Gasteiger partial charge in [0.1, 0.15) is 23.8 Å². The number of likely N-dealkylation sites (N-methyl/N-ethyl adjacent to an activating group) is 1. The highest BCUT2D eigenvalue weighted by Crippen LogP contribution is 2.44. The number of nitrogen functional groups attached to an aromatic ring is 1. The maximum absolute atomic E-state index is 16.5. The molecule has 3 aromatic rings. The van der Waals surface area contributed by atoms with Crippen molar-refractivity contribution in [3.63, 3.8) is 0 Å². The molecule has 2 atom stereocenters. The molecule has 2 fully saturated rings. The smallest absolute Gasteiger partial charge is 0.418 e. The molecule has 2 aliphatic rings. The van der Waals surface area contributed by atoms with E-state index in [0.29, 0.717) is 32.5 Å². The molecule has 2 aromatic heterocycles. The van der Waals surface area contributed by atoms with Gasteiger partial charge in [-0.2, -0.15) is 23.1 Å². The van der Waals surface area contributed by atoms with Gasteiger partial charge in [0.25, 0.3) is 0 Å². The molecular weight excluding hydrogens is 606 g/mol. The van der Waals surface area contributed by atoms with Crippen LogP contribution in [0.15, 0.2) is 24.8 Å². The predicted molar refractivity (Wildman–Crippen MR) is 157 cm³/mol. The number of nitrogens with zero attached hydrogens (tertiary/aromatic N) is 6. The topological polar surface area (TPSA) is 118 Å². The van der Waals surface area contributed by atoms with E-state index in [-0.39, 0.29) is 69.6 Å². The number of aryl methyl sites for hydroxylation is 1. The number of amides is 2. The second kappa shape index (κ2) is 11.7. The summed E-state index contributed by atoms with van der Waals surface area (Å²) in [5.41, 5.74) is 2.63. The average molecular weight is 636 g/mol. The van der Waals surface area contributed by atoms with Crippen LogP contribution in [0.25, 0.3) is 22.2 Å². The van der Waals surface area contributed by atoms with E-state index in [1.165, 1.54) is 19.1 Å². The lowest BCUT2D eigenvalue weighted by Gasteiger charge is -2.40. The van der Waals surface area contributed by atoms with Gasteiger partial charge in [0.2, 0.25) is 11.8 Å². The van der Waals surface area contributed by atoms with Gasteiger partial charge < -0.3 is 25.2 Å². The van der Waals surface area contributed by atoms with E-state index in [1.807, 2.05) is 11.8 Å². The van der Waals surface area contributed by atoms with E-state index in [2.05, 4.69) is 21.5 Å². The number of fused-ring (bicyclic) bond motifs is 1. The highest BCUT2D eigenvalue weighted by molar-refractivity contribution is 6.34. The molecule has 4 heterocycles. The first-order valence-electron chi connectivity index (χ1n) is 13.8. The van der Waals surface area contributed by atoms with Crippen molar-refractivity contribution in [3.8, 4) is 17.3 Å². The van der Waals surface area contributed by atoms with Gasteiger partial charge in [0.15, 0.2) is 5.82 Å². The number of alkyl halides is 3. The van der Waals surface area contributed by atoms with Gasteiger partial charge in [0.05, 0.1) is 27.9 Å². The van der Waals surface area contributed by atoms with Crippen LogP contribution in [0.5, 0.6) is 6.01 Å². The first kappa shape index (κ1) is 31.2. The van der Waals surface area contributed by atoms with E-state index in [0.717, 1.165) is 6.07 Å². The van der Waals surface area contributed by atoms with Crippen LogP contribution in [0.3, 0.4) is 0 Å². The molecule has 0 aliphatic carbocycles. The van der Waals surface area contributed by atoms with Crippen LogP contribution in [0.1, 0.15) is 30.9 Å². The van der Waals surface area contributed by atoms with Gasteiger partial charge in [-0.3, -0.25) is 9.59 Å². The summed E-state index contributed by atoms with van der Waals surface area (Å²) in [5, 5.41) is -0.225. The molecule has 0 radical (unpaired) electrons. The average Bonchev–Trinajstić information content (AvgIpc) is 3.27. The van der Waals surface area contributed by atoms with Gasteiger partial charge in [0, 0.05) is 44.5 Å². The number of ether oxygens (including phenoxy) is 1. The van der Waals surface area contributed by atoms with Crippen LogP contribution in [0.4, 0.5) is 29.2 Å². The van der Waals surface area contributed by atoms with E-state index in [9.17, 15) is 22.8 Å². The normalized spacial score (nSPS) is 19.2. The Balaban J connectivity index is 1.68. The molecule has 2 saturated heterocycles. The SMILES string of the molecule is C=CC(=O)N1CCN(c2nc(OCC3CCC(=O)N3C)nc3c(F)c(-c4nc(N)cc(C)c4C(F)(F)F)c(Cl)cc23)C(C)C1. The Kier molecular flexibility index (Phi) is 8.31. The molecule has 2 amide bonds. The monoisotopic (exact) mass is 635 g/mol. The van der Waals surface area contributed by atoms with Crippen molar-refractivity contribution in [2.24, 2.45) is 0 Å². The zero-order valence-electron chi connectivity index (χ0n) is 24.2. The predicted octanol–water partition coefficient (Wildman–Crippen LogP) is 4.62. The van der Waals surface area contributed by atoms with Crippen molar-refractivity contribution in [2.75, 3.05) is 43.9 Å².